The quantitative estimate of drug-likeness (QED) is 0.542. The molecule has 1 rings (SSSR count). The minimum Gasteiger partial charge on any atom is -0.548 e. The molecular weight excluding hydrogens is 259 g/mol. The van der Waals surface area contributed by atoms with E-state index >= 15 is 0 Å². The molecule has 6 heteroatoms. The van der Waals surface area contributed by atoms with Gasteiger partial charge in [-0.2, -0.15) is 0 Å². The predicted molar refractivity (Wildman–Crippen MR) is 62.2 cm³/mol. The smallest absolute Gasteiger partial charge is 0.548 e. The van der Waals surface area contributed by atoms with Crippen LogP contribution in [0.4, 0.5) is 4.79 Å². The number of hydrogen-bond acceptors (Lipinski definition) is 3. The van der Waals surface area contributed by atoms with Crippen molar-refractivity contribution in [1.82, 2.24) is 10.6 Å². The summed E-state index contributed by atoms with van der Waals surface area (Å²) in [5.74, 6) is -1.02. The summed E-state index contributed by atoms with van der Waals surface area (Å²) in [6.45, 7) is 3.82. The first-order valence-electron chi connectivity index (χ1n) is 6.27. The summed E-state index contributed by atoms with van der Waals surface area (Å²) in [6.07, 6.45) is 4.60. The monoisotopic (exact) mass is 280 g/mol. The maximum Gasteiger partial charge on any atom is 1.00 e. The van der Waals surface area contributed by atoms with Crippen molar-refractivity contribution in [3.8, 4) is 0 Å². The molecule has 1 saturated carbocycles. The van der Waals surface area contributed by atoms with Gasteiger partial charge in [-0.1, -0.05) is 26.7 Å². The van der Waals surface area contributed by atoms with Crippen LogP contribution in [-0.2, 0) is 4.79 Å². The van der Waals surface area contributed by atoms with Crippen molar-refractivity contribution in [2.24, 2.45) is 5.92 Å². The van der Waals surface area contributed by atoms with E-state index in [1.807, 2.05) is 13.8 Å². The molecular formula is C12H21KN2O3. The summed E-state index contributed by atoms with van der Waals surface area (Å²) < 4.78 is 0. The third-order valence-corrected chi connectivity index (χ3v) is 2.99. The minimum atomic E-state index is -1.22. The molecule has 5 nitrogen and oxygen atoms in total. The van der Waals surface area contributed by atoms with Gasteiger partial charge in [0.05, 0.1) is 12.0 Å². The first-order chi connectivity index (χ1) is 7.99. The number of rotatable bonds is 5. The van der Waals surface area contributed by atoms with Crippen molar-refractivity contribution >= 4 is 12.0 Å². The van der Waals surface area contributed by atoms with E-state index in [9.17, 15) is 14.7 Å². The Morgan fingerprint density at radius 1 is 1.28 bits per heavy atom. The third-order valence-electron chi connectivity index (χ3n) is 2.99. The van der Waals surface area contributed by atoms with Crippen molar-refractivity contribution in [3.63, 3.8) is 0 Å². The fraction of sp³-hybridized carbons (Fsp3) is 0.833. The van der Waals surface area contributed by atoms with E-state index in [2.05, 4.69) is 10.6 Å². The van der Waals surface area contributed by atoms with Crippen LogP contribution in [0.15, 0.2) is 0 Å². The summed E-state index contributed by atoms with van der Waals surface area (Å²) >= 11 is 0. The van der Waals surface area contributed by atoms with Gasteiger partial charge in [0.1, 0.15) is 0 Å². The van der Waals surface area contributed by atoms with Crippen LogP contribution in [0.3, 0.4) is 0 Å². The molecule has 0 aromatic rings. The van der Waals surface area contributed by atoms with Crippen molar-refractivity contribution in [2.45, 2.75) is 58.0 Å². The normalized spacial score (nSPS) is 17.1. The number of aliphatic carboxylic acids is 1. The predicted octanol–water partition coefficient (Wildman–Crippen LogP) is -2.60. The van der Waals surface area contributed by atoms with Crippen LogP contribution in [0, 0.1) is 5.92 Å². The summed E-state index contributed by atoms with van der Waals surface area (Å²) in [5, 5.41) is 16.1. The summed E-state index contributed by atoms with van der Waals surface area (Å²) in [6, 6.07) is -1.11. The van der Waals surface area contributed by atoms with Gasteiger partial charge in [-0.05, 0) is 25.2 Å². The van der Waals surface area contributed by atoms with Gasteiger partial charge in [0.2, 0.25) is 0 Å². The first-order valence-corrected chi connectivity index (χ1v) is 6.27. The molecule has 0 saturated heterocycles. The molecule has 1 fully saturated rings. The van der Waals surface area contributed by atoms with Crippen molar-refractivity contribution < 1.29 is 66.1 Å². The second kappa shape index (κ2) is 9.31. The Bertz CT molecular complexity index is 278. The largest absolute Gasteiger partial charge is 1.00 e. The van der Waals surface area contributed by atoms with Gasteiger partial charge in [0.15, 0.2) is 0 Å². The molecule has 1 unspecified atom stereocenters. The SMILES string of the molecule is CC(C)CC(NC(=O)NC1CCCC1)C(=O)[O-].[K+]. The Morgan fingerprint density at radius 3 is 2.28 bits per heavy atom. The van der Waals surface area contributed by atoms with E-state index in [-0.39, 0.29) is 63.3 Å². The molecule has 0 radical (unpaired) electrons. The van der Waals surface area contributed by atoms with Crippen LogP contribution in [0.1, 0.15) is 46.0 Å². The van der Waals surface area contributed by atoms with Gasteiger partial charge >= 0.3 is 57.4 Å². The fourth-order valence-electron chi connectivity index (χ4n) is 2.14. The van der Waals surface area contributed by atoms with Crippen molar-refractivity contribution in [2.75, 3.05) is 0 Å². The zero-order valence-electron chi connectivity index (χ0n) is 11.5. The molecule has 1 aliphatic carbocycles. The molecule has 0 aliphatic heterocycles. The van der Waals surface area contributed by atoms with Crippen LogP contribution in [-0.4, -0.2) is 24.1 Å². The van der Waals surface area contributed by atoms with Crippen LogP contribution in [0.25, 0.3) is 0 Å². The molecule has 2 N–H and O–H groups in total. The summed E-state index contributed by atoms with van der Waals surface area (Å²) in [5.41, 5.74) is 0. The molecule has 0 aromatic carbocycles. The maximum atomic E-state index is 11.6. The summed E-state index contributed by atoms with van der Waals surface area (Å²) in [4.78, 5) is 22.4. The second-order valence-electron chi connectivity index (χ2n) is 5.10. The van der Waals surface area contributed by atoms with Crippen LogP contribution >= 0.6 is 0 Å². The van der Waals surface area contributed by atoms with Crippen molar-refractivity contribution in [3.05, 3.63) is 0 Å². The van der Waals surface area contributed by atoms with Gasteiger partial charge in [0, 0.05) is 6.04 Å². The zero-order chi connectivity index (χ0) is 12.8. The van der Waals surface area contributed by atoms with E-state index in [1.54, 1.807) is 0 Å². The number of urea groups is 1. The number of carbonyl (C=O) groups is 2. The van der Waals surface area contributed by atoms with E-state index < -0.39 is 18.0 Å². The Labute approximate surface area is 151 Å². The molecule has 18 heavy (non-hydrogen) atoms. The average molecular weight is 280 g/mol. The van der Waals surface area contributed by atoms with E-state index in [4.69, 9.17) is 0 Å². The zero-order valence-corrected chi connectivity index (χ0v) is 14.6. The Balaban J connectivity index is 0.00000289. The fourth-order valence-corrected chi connectivity index (χ4v) is 2.14. The molecule has 1 aliphatic rings. The first kappa shape index (κ1) is 18.4. The molecule has 0 spiro atoms. The van der Waals surface area contributed by atoms with Crippen LogP contribution in [0.5, 0.6) is 0 Å². The van der Waals surface area contributed by atoms with Gasteiger partial charge < -0.3 is 20.5 Å². The van der Waals surface area contributed by atoms with Crippen LogP contribution in [0.2, 0.25) is 0 Å². The van der Waals surface area contributed by atoms with Crippen molar-refractivity contribution in [1.29, 1.82) is 0 Å². The van der Waals surface area contributed by atoms with Gasteiger partial charge in [-0.15, -0.1) is 0 Å². The van der Waals surface area contributed by atoms with Gasteiger partial charge in [-0.3, -0.25) is 0 Å². The number of nitrogens with one attached hydrogen (secondary N) is 2. The van der Waals surface area contributed by atoms with Crippen LogP contribution < -0.4 is 67.1 Å². The van der Waals surface area contributed by atoms with E-state index in [1.165, 1.54) is 0 Å². The average Bonchev–Trinajstić information content (AvgIpc) is 2.68. The maximum absolute atomic E-state index is 11.6. The number of carbonyl (C=O) groups excluding carboxylic acids is 2. The molecule has 0 heterocycles. The summed E-state index contributed by atoms with van der Waals surface area (Å²) in [7, 11) is 0. The molecule has 2 amide bonds. The van der Waals surface area contributed by atoms with Gasteiger partial charge in [-0.25, -0.2) is 4.79 Å². The molecule has 0 bridgehead atoms. The number of carboxylic acids is 1. The van der Waals surface area contributed by atoms with E-state index in [0.717, 1.165) is 25.7 Å². The minimum absolute atomic E-state index is 0. The number of carboxylic acid groups (broad SMARTS) is 1. The number of hydrogen-bond donors (Lipinski definition) is 2. The number of amides is 2. The Kier molecular flexibility index (Phi) is 9.50. The Hall–Kier alpha value is 0.376. The topological polar surface area (TPSA) is 81.3 Å². The second-order valence-corrected chi connectivity index (χ2v) is 5.10. The van der Waals surface area contributed by atoms with Gasteiger partial charge in [0.25, 0.3) is 0 Å². The molecule has 1 atom stereocenters. The molecule has 0 aromatic heterocycles. The van der Waals surface area contributed by atoms with E-state index in [0.29, 0.717) is 6.42 Å². The molecule has 98 valence electrons. The third kappa shape index (κ3) is 7.09. The standard InChI is InChI=1S/C12H22N2O3.K/c1-8(2)7-10(11(15)16)14-12(17)13-9-5-3-4-6-9;/h8-10H,3-7H2,1-2H3,(H,15,16)(H2,13,14,17);/q;+1/p-1. The Morgan fingerprint density at radius 2 is 1.83 bits per heavy atom.